The third kappa shape index (κ3) is 2.83. The van der Waals surface area contributed by atoms with Gasteiger partial charge in [-0.15, -0.1) is 0 Å². The minimum absolute atomic E-state index is 0.133. The predicted octanol–water partition coefficient (Wildman–Crippen LogP) is 2.57. The quantitative estimate of drug-likeness (QED) is 0.859. The molecular formula is C16H20N2O2. The molecule has 0 amide bonds. The van der Waals surface area contributed by atoms with E-state index in [-0.39, 0.29) is 24.0 Å². The van der Waals surface area contributed by atoms with Crippen LogP contribution in [-0.2, 0) is 9.53 Å². The van der Waals surface area contributed by atoms with Gasteiger partial charge < -0.3 is 4.74 Å². The molecule has 0 aromatic heterocycles. The van der Waals surface area contributed by atoms with Crippen molar-refractivity contribution in [2.45, 2.75) is 44.9 Å². The van der Waals surface area contributed by atoms with Crippen molar-refractivity contribution in [3.8, 4) is 6.07 Å². The van der Waals surface area contributed by atoms with E-state index >= 15 is 0 Å². The van der Waals surface area contributed by atoms with Crippen LogP contribution < -0.4 is 5.32 Å². The van der Waals surface area contributed by atoms with E-state index in [0.717, 1.165) is 5.56 Å². The molecule has 2 rings (SSSR count). The first-order valence-corrected chi connectivity index (χ1v) is 6.89. The van der Waals surface area contributed by atoms with Crippen LogP contribution in [-0.4, -0.2) is 17.6 Å². The maximum atomic E-state index is 12.2. The van der Waals surface area contributed by atoms with Crippen molar-refractivity contribution in [2.24, 2.45) is 5.92 Å². The number of esters is 1. The Morgan fingerprint density at radius 1 is 1.45 bits per heavy atom. The van der Waals surface area contributed by atoms with Gasteiger partial charge in [-0.05, 0) is 32.8 Å². The predicted molar refractivity (Wildman–Crippen MR) is 75.7 cm³/mol. The van der Waals surface area contributed by atoms with Crippen LogP contribution in [0.4, 0.5) is 0 Å². The van der Waals surface area contributed by atoms with Crippen molar-refractivity contribution in [3.05, 3.63) is 35.9 Å². The lowest BCUT2D eigenvalue weighted by molar-refractivity contribution is -0.154. The molecular weight excluding hydrogens is 252 g/mol. The molecule has 20 heavy (non-hydrogen) atoms. The van der Waals surface area contributed by atoms with Crippen LogP contribution in [0.25, 0.3) is 0 Å². The SMILES string of the molecule is CC(C)OC(=O)[C@@]1(C)C[C@H](C#N)[C@H](c2ccccc2)N1. The second-order valence-corrected chi connectivity index (χ2v) is 5.76. The van der Waals surface area contributed by atoms with E-state index in [0.29, 0.717) is 6.42 Å². The van der Waals surface area contributed by atoms with Gasteiger partial charge in [0.2, 0.25) is 0 Å². The highest BCUT2D eigenvalue weighted by atomic mass is 16.5. The Morgan fingerprint density at radius 3 is 2.65 bits per heavy atom. The van der Waals surface area contributed by atoms with Crippen LogP contribution in [0.1, 0.15) is 38.8 Å². The zero-order chi connectivity index (χ0) is 14.8. The van der Waals surface area contributed by atoms with Gasteiger partial charge in [0.25, 0.3) is 0 Å². The summed E-state index contributed by atoms with van der Waals surface area (Å²) in [7, 11) is 0. The fourth-order valence-electron chi connectivity index (χ4n) is 2.64. The number of nitrogens with zero attached hydrogens (tertiary/aromatic N) is 1. The van der Waals surface area contributed by atoms with Gasteiger partial charge >= 0.3 is 5.97 Å². The number of hydrogen-bond donors (Lipinski definition) is 1. The summed E-state index contributed by atoms with van der Waals surface area (Å²) in [5.74, 6) is -0.520. The van der Waals surface area contributed by atoms with Crippen LogP contribution in [0.2, 0.25) is 0 Å². The Balaban J connectivity index is 2.22. The van der Waals surface area contributed by atoms with Gasteiger partial charge in [0.15, 0.2) is 0 Å². The Labute approximate surface area is 119 Å². The minimum Gasteiger partial charge on any atom is -0.462 e. The second-order valence-electron chi connectivity index (χ2n) is 5.76. The number of nitrogens with one attached hydrogen (secondary N) is 1. The Bertz CT molecular complexity index is 521. The van der Waals surface area contributed by atoms with Crippen molar-refractivity contribution < 1.29 is 9.53 Å². The van der Waals surface area contributed by atoms with E-state index in [4.69, 9.17) is 4.74 Å². The molecule has 0 bridgehead atoms. The van der Waals surface area contributed by atoms with Gasteiger partial charge in [0, 0.05) is 6.04 Å². The topological polar surface area (TPSA) is 62.1 Å². The summed E-state index contributed by atoms with van der Waals surface area (Å²) in [6.45, 7) is 5.46. The fraction of sp³-hybridized carbons (Fsp3) is 0.500. The van der Waals surface area contributed by atoms with Gasteiger partial charge in [-0.3, -0.25) is 10.1 Å². The molecule has 1 aromatic carbocycles. The molecule has 1 aliphatic rings. The zero-order valence-corrected chi connectivity index (χ0v) is 12.1. The molecule has 4 nitrogen and oxygen atoms in total. The van der Waals surface area contributed by atoms with Gasteiger partial charge in [0.05, 0.1) is 18.1 Å². The maximum Gasteiger partial charge on any atom is 0.326 e. The summed E-state index contributed by atoms with van der Waals surface area (Å²) in [6.07, 6.45) is 0.312. The van der Waals surface area contributed by atoms with Crippen molar-refractivity contribution in [2.75, 3.05) is 0 Å². The molecule has 3 atom stereocenters. The standard InChI is InChI=1S/C16H20N2O2/c1-11(2)20-15(19)16(3)9-13(10-17)14(18-16)12-7-5-4-6-8-12/h4-8,11,13-14,18H,9H2,1-3H3/t13-,14+,16-/m1/s1. The van der Waals surface area contributed by atoms with Crippen LogP contribution in [0.3, 0.4) is 0 Å². The van der Waals surface area contributed by atoms with Crippen LogP contribution in [0.15, 0.2) is 30.3 Å². The van der Waals surface area contributed by atoms with E-state index < -0.39 is 5.54 Å². The summed E-state index contributed by atoms with van der Waals surface area (Å²) in [5, 5.41) is 12.6. The zero-order valence-electron chi connectivity index (χ0n) is 12.1. The number of benzene rings is 1. The highest BCUT2D eigenvalue weighted by molar-refractivity contribution is 5.81. The Hall–Kier alpha value is -1.86. The molecule has 0 aliphatic carbocycles. The second kappa shape index (κ2) is 5.64. The van der Waals surface area contributed by atoms with E-state index in [1.54, 1.807) is 0 Å². The maximum absolute atomic E-state index is 12.2. The van der Waals surface area contributed by atoms with Crippen LogP contribution >= 0.6 is 0 Å². The van der Waals surface area contributed by atoms with Gasteiger partial charge in [-0.25, -0.2) is 0 Å². The molecule has 4 heteroatoms. The number of nitriles is 1. The summed E-state index contributed by atoms with van der Waals surface area (Å²) in [6, 6.07) is 11.9. The number of rotatable bonds is 3. The number of hydrogen-bond acceptors (Lipinski definition) is 4. The van der Waals surface area contributed by atoms with E-state index in [2.05, 4.69) is 11.4 Å². The van der Waals surface area contributed by atoms with E-state index in [9.17, 15) is 10.1 Å². The smallest absolute Gasteiger partial charge is 0.326 e. The van der Waals surface area contributed by atoms with Gasteiger partial charge in [-0.1, -0.05) is 30.3 Å². The molecule has 1 aliphatic heterocycles. The Morgan fingerprint density at radius 2 is 2.10 bits per heavy atom. The Kier molecular flexibility index (Phi) is 4.10. The number of carbonyl (C=O) groups is 1. The summed E-state index contributed by atoms with van der Waals surface area (Å²) in [5.41, 5.74) is 0.227. The van der Waals surface area contributed by atoms with E-state index in [1.165, 1.54) is 0 Å². The van der Waals surface area contributed by atoms with Crippen molar-refractivity contribution >= 4 is 5.97 Å². The molecule has 0 unspecified atom stereocenters. The molecule has 0 radical (unpaired) electrons. The van der Waals surface area contributed by atoms with Crippen molar-refractivity contribution in [1.82, 2.24) is 5.32 Å². The third-order valence-electron chi connectivity index (χ3n) is 3.62. The van der Waals surface area contributed by atoms with Crippen molar-refractivity contribution in [1.29, 1.82) is 5.26 Å². The first kappa shape index (κ1) is 14.5. The molecule has 0 spiro atoms. The lowest BCUT2D eigenvalue weighted by Crippen LogP contribution is -2.47. The fourth-order valence-corrected chi connectivity index (χ4v) is 2.64. The highest BCUT2D eigenvalue weighted by Gasteiger charge is 2.48. The molecule has 106 valence electrons. The molecule has 1 N–H and O–H groups in total. The largest absolute Gasteiger partial charge is 0.462 e. The minimum atomic E-state index is -0.800. The number of carbonyl (C=O) groups excluding carboxylic acids is 1. The monoisotopic (exact) mass is 272 g/mol. The van der Waals surface area contributed by atoms with Crippen molar-refractivity contribution in [3.63, 3.8) is 0 Å². The summed E-state index contributed by atoms with van der Waals surface area (Å²) in [4.78, 5) is 12.2. The van der Waals surface area contributed by atoms with Gasteiger partial charge in [-0.2, -0.15) is 5.26 Å². The van der Waals surface area contributed by atoms with E-state index in [1.807, 2.05) is 51.1 Å². The first-order chi connectivity index (χ1) is 9.46. The summed E-state index contributed by atoms with van der Waals surface area (Å²) >= 11 is 0. The normalized spacial score (nSPS) is 29.1. The molecule has 1 heterocycles. The molecule has 1 aromatic rings. The van der Waals surface area contributed by atoms with Crippen LogP contribution in [0.5, 0.6) is 0 Å². The third-order valence-corrected chi connectivity index (χ3v) is 3.62. The lowest BCUT2D eigenvalue weighted by atomic mass is 9.91. The van der Waals surface area contributed by atoms with Crippen LogP contribution in [0, 0.1) is 17.2 Å². The molecule has 1 saturated heterocycles. The molecule has 1 fully saturated rings. The lowest BCUT2D eigenvalue weighted by Gasteiger charge is -2.25. The highest BCUT2D eigenvalue weighted by Crippen LogP contribution is 2.38. The molecule has 0 saturated carbocycles. The average Bonchev–Trinajstić information content (AvgIpc) is 2.78. The first-order valence-electron chi connectivity index (χ1n) is 6.89. The number of ether oxygens (including phenoxy) is 1. The average molecular weight is 272 g/mol. The van der Waals surface area contributed by atoms with Gasteiger partial charge in [0.1, 0.15) is 5.54 Å². The summed E-state index contributed by atoms with van der Waals surface area (Å²) < 4.78 is 5.30.